The van der Waals surface area contributed by atoms with Gasteiger partial charge < -0.3 is 5.11 Å². The van der Waals surface area contributed by atoms with Crippen molar-refractivity contribution in [3.05, 3.63) is 63.3 Å². The normalized spacial score (nSPS) is 10.0. The van der Waals surface area contributed by atoms with Crippen LogP contribution in [0.2, 0.25) is 0 Å². The minimum Gasteiger partial charge on any atom is -0.395 e. The van der Waals surface area contributed by atoms with E-state index in [1.807, 2.05) is 0 Å². The molecule has 1 aromatic heterocycles. The van der Waals surface area contributed by atoms with E-state index < -0.39 is 5.82 Å². The number of rotatable bonds is 3. The van der Waals surface area contributed by atoms with Gasteiger partial charge in [-0.05, 0) is 36.8 Å². The van der Waals surface area contributed by atoms with Crippen LogP contribution >= 0.6 is 0 Å². The first-order chi connectivity index (χ1) is 10.1. The molecule has 2 aromatic rings. The summed E-state index contributed by atoms with van der Waals surface area (Å²) < 4.78 is 14.9. The van der Waals surface area contributed by atoms with Gasteiger partial charge in [-0.1, -0.05) is 11.8 Å². The Morgan fingerprint density at radius 1 is 1.33 bits per heavy atom. The fraction of sp³-hybridized carbons (Fsp3) is 0.250. The molecule has 0 fully saturated rings. The number of aromatic nitrogens is 2. The molecule has 21 heavy (non-hydrogen) atoms. The molecule has 0 aliphatic heterocycles. The number of halogens is 1. The number of aliphatic hydroxyl groups is 1. The maximum Gasteiger partial charge on any atom is 0.267 e. The molecule has 0 spiro atoms. The fourth-order valence-electron chi connectivity index (χ4n) is 1.87. The first-order valence-electron chi connectivity index (χ1n) is 6.52. The third kappa shape index (κ3) is 4.26. The van der Waals surface area contributed by atoms with Crippen LogP contribution < -0.4 is 5.56 Å². The summed E-state index contributed by atoms with van der Waals surface area (Å²) in [6.45, 7) is 1.94. The highest BCUT2D eigenvalue weighted by atomic mass is 19.1. The van der Waals surface area contributed by atoms with Gasteiger partial charge in [0, 0.05) is 18.1 Å². The second kappa shape index (κ2) is 6.82. The molecule has 0 saturated carbocycles. The van der Waals surface area contributed by atoms with Crippen LogP contribution in [0.15, 0.2) is 35.1 Å². The van der Waals surface area contributed by atoms with Gasteiger partial charge in [0.25, 0.3) is 5.56 Å². The Bertz CT molecular complexity index is 757. The molecule has 108 valence electrons. The van der Waals surface area contributed by atoms with Gasteiger partial charge in [-0.2, -0.15) is 5.10 Å². The molecule has 2 rings (SSSR count). The van der Waals surface area contributed by atoms with E-state index in [-0.39, 0.29) is 18.7 Å². The molecule has 1 heterocycles. The van der Waals surface area contributed by atoms with E-state index in [0.29, 0.717) is 23.2 Å². The lowest BCUT2D eigenvalue weighted by Gasteiger charge is -2.06. The van der Waals surface area contributed by atoms with Crippen molar-refractivity contribution in [2.24, 2.45) is 0 Å². The first-order valence-corrected chi connectivity index (χ1v) is 6.52. The number of nitrogens with zero attached hydrogens (tertiary/aromatic N) is 2. The van der Waals surface area contributed by atoms with Crippen molar-refractivity contribution < 1.29 is 9.50 Å². The largest absolute Gasteiger partial charge is 0.395 e. The Morgan fingerprint density at radius 2 is 2.14 bits per heavy atom. The lowest BCUT2D eigenvalue weighted by atomic mass is 10.1. The zero-order valence-electron chi connectivity index (χ0n) is 11.6. The number of aliphatic hydroxyl groups excluding tert-OH is 1. The van der Waals surface area contributed by atoms with Crippen molar-refractivity contribution in [3.63, 3.8) is 0 Å². The summed E-state index contributed by atoms with van der Waals surface area (Å²) in [5.74, 6) is 5.10. The molecule has 0 saturated heterocycles. The Kier molecular flexibility index (Phi) is 4.85. The van der Waals surface area contributed by atoms with Crippen molar-refractivity contribution in [2.45, 2.75) is 19.9 Å². The number of benzene rings is 1. The summed E-state index contributed by atoms with van der Waals surface area (Å²) in [5.41, 5.74) is 1.61. The van der Waals surface area contributed by atoms with Crippen LogP contribution in [-0.2, 0) is 6.54 Å². The average molecular weight is 286 g/mol. The predicted octanol–water partition coefficient (Wildman–Crippen LogP) is 1.47. The number of aryl methyl sites for hydroxylation is 1. The van der Waals surface area contributed by atoms with Crippen molar-refractivity contribution in [1.82, 2.24) is 9.78 Å². The van der Waals surface area contributed by atoms with E-state index in [1.54, 1.807) is 19.1 Å². The molecular formula is C16H15FN2O2. The minimum absolute atomic E-state index is 0.0300. The highest BCUT2D eigenvalue weighted by Crippen LogP contribution is 2.09. The molecular weight excluding hydrogens is 271 g/mol. The smallest absolute Gasteiger partial charge is 0.267 e. The topological polar surface area (TPSA) is 55.1 Å². The Morgan fingerprint density at radius 3 is 2.90 bits per heavy atom. The van der Waals surface area contributed by atoms with Gasteiger partial charge in [0.1, 0.15) is 5.82 Å². The lowest BCUT2D eigenvalue weighted by molar-refractivity contribution is 0.305. The van der Waals surface area contributed by atoms with Crippen molar-refractivity contribution in [2.75, 3.05) is 6.61 Å². The maximum atomic E-state index is 13.6. The molecule has 0 atom stereocenters. The fourth-order valence-corrected chi connectivity index (χ4v) is 1.87. The quantitative estimate of drug-likeness (QED) is 0.869. The zero-order chi connectivity index (χ0) is 15.2. The highest BCUT2D eigenvalue weighted by Gasteiger charge is 2.03. The highest BCUT2D eigenvalue weighted by molar-refractivity contribution is 5.37. The van der Waals surface area contributed by atoms with Gasteiger partial charge in [0.05, 0.1) is 18.8 Å². The van der Waals surface area contributed by atoms with Crippen LogP contribution in [0.1, 0.15) is 23.2 Å². The van der Waals surface area contributed by atoms with Crippen LogP contribution in [0.4, 0.5) is 4.39 Å². The van der Waals surface area contributed by atoms with Crippen LogP contribution in [0, 0.1) is 24.6 Å². The van der Waals surface area contributed by atoms with Gasteiger partial charge in [-0.15, -0.1) is 0 Å². The monoisotopic (exact) mass is 286 g/mol. The molecule has 0 bridgehead atoms. The Hall–Kier alpha value is -2.45. The van der Waals surface area contributed by atoms with E-state index in [4.69, 9.17) is 5.11 Å². The molecule has 5 heteroatoms. The molecule has 1 N–H and O–H groups in total. The lowest BCUT2D eigenvalue weighted by Crippen LogP contribution is -2.23. The van der Waals surface area contributed by atoms with E-state index in [9.17, 15) is 9.18 Å². The van der Waals surface area contributed by atoms with Crippen LogP contribution in [-0.4, -0.2) is 21.5 Å². The summed E-state index contributed by atoms with van der Waals surface area (Å²) >= 11 is 0. The first kappa shape index (κ1) is 14.9. The van der Waals surface area contributed by atoms with E-state index in [1.165, 1.54) is 22.9 Å². The molecule has 0 aliphatic carbocycles. The van der Waals surface area contributed by atoms with E-state index in [2.05, 4.69) is 16.9 Å². The second-order valence-corrected chi connectivity index (χ2v) is 4.59. The summed E-state index contributed by atoms with van der Waals surface area (Å²) in [6, 6.07) is 7.46. The van der Waals surface area contributed by atoms with Crippen molar-refractivity contribution in [3.8, 4) is 11.8 Å². The molecule has 0 radical (unpaired) electrons. The molecule has 0 unspecified atom stereocenters. The SMILES string of the molecule is Cc1ccc(=O)n(Cc2cc(F)cc(C#CCCO)c2)n1. The molecule has 0 aliphatic rings. The average Bonchev–Trinajstić information content (AvgIpc) is 2.43. The third-order valence-electron chi connectivity index (χ3n) is 2.76. The van der Waals surface area contributed by atoms with Gasteiger partial charge >= 0.3 is 0 Å². The zero-order valence-corrected chi connectivity index (χ0v) is 11.6. The predicted molar refractivity (Wildman–Crippen MR) is 77.3 cm³/mol. The van der Waals surface area contributed by atoms with Crippen molar-refractivity contribution >= 4 is 0 Å². The van der Waals surface area contributed by atoms with Gasteiger partial charge in [0.15, 0.2) is 0 Å². The molecule has 1 aromatic carbocycles. The van der Waals surface area contributed by atoms with Crippen LogP contribution in [0.5, 0.6) is 0 Å². The number of hydrogen-bond donors (Lipinski definition) is 1. The van der Waals surface area contributed by atoms with Gasteiger partial charge in [-0.25, -0.2) is 9.07 Å². The summed E-state index contributed by atoms with van der Waals surface area (Å²) in [6.07, 6.45) is 0.338. The maximum absolute atomic E-state index is 13.6. The van der Waals surface area contributed by atoms with E-state index in [0.717, 1.165) is 0 Å². The third-order valence-corrected chi connectivity index (χ3v) is 2.76. The molecule has 0 amide bonds. The summed E-state index contributed by atoms with van der Waals surface area (Å²) in [4.78, 5) is 11.7. The summed E-state index contributed by atoms with van der Waals surface area (Å²) in [7, 11) is 0. The van der Waals surface area contributed by atoms with Gasteiger partial charge in [-0.3, -0.25) is 4.79 Å². The van der Waals surface area contributed by atoms with E-state index >= 15 is 0 Å². The second-order valence-electron chi connectivity index (χ2n) is 4.59. The summed E-state index contributed by atoms with van der Waals surface area (Å²) in [5, 5.41) is 12.8. The van der Waals surface area contributed by atoms with Gasteiger partial charge in [0.2, 0.25) is 0 Å². The Labute approximate surface area is 121 Å². The van der Waals surface area contributed by atoms with Crippen LogP contribution in [0.3, 0.4) is 0 Å². The number of hydrogen-bond acceptors (Lipinski definition) is 3. The Balaban J connectivity index is 2.30. The van der Waals surface area contributed by atoms with Crippen LogP contribution in [0.25, 0.3) is 0 Å². The molecule has 4 nitrogen and oxygen atoms in total. The minimum atomic E-state index is -0.415. The van der Waals surface area contributed by atoms with Crippen molar-refractivity contribution in [1.29, 1.82) is 0 Å². The standard InChI is InChI=1S/C16H15FN2O2/c1-12-5-6-16(21)19(18-12)11-14-8-13(4-2-3-7-20)9-15(17)10-14/h5-6,8-10,20H,3,7,11H2,1H3.